The number of thiol groups is 1. The van der Waals surface area contributed by atoms with Crippen molar-refractivity contribution in [3.8, 4) is 12.3 Å². The Balaban J connectivity index is 0. The zero-order chi connectivity index (χ0) is 34.4. The Labute approximate surface area is 285 Å². The van der Waals surface area contributed by atoms with Crippen LogP contribution in [0.15, 0.2) is 35.2 Å². The average Bonchev–Trinajstić information content (AvgIpc) is 3.02. The molecule has 0 saturated heterocycles. The van der Waals surface area contributed by atoms with Gasteiger partial charge in [0.15, 0.2) is 0 Å². The lowest BCUT2D eigenvalue weighted by Gasteiger charge is -2.38. The summed E-state index contributed by atoms with van der Waals surface area (Å²) in [5.41, 5.74) is 1.28. The third-order valence-corrected chi connectivity index (χ3v) is 8.43. The maximum atomic E-state index is 12.7. The third-order valence-electron chi connectivity index (χ3n) is 6.53. The predicted molar refractivity (Wildman–Crippen MR) is 196 cm³/mol. The molecule has 0 N–H and O–H groups in total. The molecule has 1 aromatic rings. The Kier molecular flexibility index (Phi) is 30.3. The molecule has 1 aromatic carbocycles. The van der Waals surface area contributed by atoms with Gasteiger partial charge in [0.1, 0.15) is 0 Å². The van der Waals surface area contributed by atoms with Gasteiger partial charge in [-0.05, 0) is 30.9 Å². The van der Waals surface area contributed by atoms with Gasteiger partial charge in [-0.2, -0.15) is 12.6 Å². The molecule has 1 rings (SSSR count). The lowest BCUT2D eigenvalue weighted by Crippen LogP contribution is -2.33. The lowest BCUT2D eigenvalue weighted by atomic mass is 9.83. The van der Waals surface area contributed by atoms with E-state index in [9.17, 15) is 4.79 Å². The van der Waals surface area contributed by atoms with E-state index in [0.29, 0.717) is 78.4 Å². The molecule has 0 aliphatic heterocycles. The number of hydrogen-bond acceptors (Lipinski definition) is 8. The van der Waals surface area contributed by atoms with Crippen LogP contribution in [0.1, 0.15) is 74.3 Å². The van der Waals surface area contributed by atoms with Crippen LogP contribution in [-0.2, 0) is 28.5 Å². The fourth-order valence-electron chi connectivity index (χ4n) is 3.17. The first-order chi connectivity index (χ1) is 21.6. The molecule has 1 amide bonds. The topological polar surface area (TPSA) is 66.5 Å². The Hall–Kier alpha value is -1.51. The molecule has 0 fully saturated rings. The number of ether oxygens (including phenoxy) is 5. The van der Waals surface area contributed by atoms with Crippen LogP contribution in [0.3, 0.4) is 0 Å². The van der Waals surface area contributed by atoms with Crippen molar-refractivity contribution >= 4 is 36.4 Å². The third kappa shape index (κ3) is 23.5. The van der Waals surface area contributed by atoms with Gasteiger partial charge < -0.3 is 28.6 Å². The summed E-state index contributed by atoms with van der Waals surface area (Å²) in [5.74, 6) is 3.27. The standard InChI is InChI=1S/C32H51NO6S2.2C2H6/c1-7-15-33(16-10-12-28-11-8-9-13-29(28)41-32(5,6)31(2,3)4)30(34)14-17-35-18-19-36-20-21-37-22-23-38-24-25-39-26-27-40;2*1-2/h1,8-13,40H,14-27H2,2-6H3;2*1-2H3/b12-10+;;. The van der Waals surface area contributed by atoms with Crippen LogP contribution >= 0.6 is 24.4 Å². The van der Waals surface area contributed by atoms with E-state index in [1.54, 1.807) is 4.90 Å². The molecule has 7 nitrogen and oxygen atoms in total. The van der Waals surface area contributed by atoms with Crippen molar-refractivity contribution in [2.45, 2.75) is 78.4 Å². The molecule has 0 aliphatic rings. The first kappa shape index (κ1) is 45.6. The van der Waals surface area contributed by atoms with Crippen molar-refractivity contribution < 1.29 is 28.5 Å². The van der Waals surface area contributed by atoms with Crippen LogP contribution in [0.2, 0.25) is 0 Å². The summed E-state index contributed by atoms with van der Waals surface area (Å²) >= 11 is 5.95. The molecule has 0 aliphatic carbocycles. The van der Waals surface area contributed by atoms with Crippen molar-refractivity contribution in [1.29, 1.82) is 0 Å². The summed E-state index contributed by atoms with van der Waals surface area (Å²) in [6.07, 6.45) is 9.87. The van der Waals surface area contributed by atoms with Gasteiger partial charge in [-0.25, -0.2) is 0 Å². The highest BCUT2D eigenvalue weighted by atomic mass is 32.2. The number of benzene rings is 1. The number of carbonyl (C=O) groups excluding carboxylic acids is 1. The van der Waals surface area contributed by atoms with Gasteiger partial charge in [0.2, 0.25) is 5.91 Å². The molecule has 0 saturated carbocycles. The summed E-state index contributed by atoms with van der Waals surface area (Å²) in [4.78, 5) is 15.6. The molecule has 260 valence electrons. The van der Waals surface area contributed by atoms with E-state index >= 15 is 0 Å². The highest BCUT2D eigenvalue weighted by Crippen LogP contribution is 2.46. The van der Waals surface area contributed by atoms with Gasteiger partial charge in [0, 0.05) is 21.9 Å². The van der Waals surface area contributed by atoms with E-state index in [1.807, 2.05) is 51.6 Å². The van der Waals surface area contributed by atoms with Gasteiger partial charge in [0.05, 0.1) is 79.0 Å². The highest BCUT2D eigenvalue weighted by Gasteiger charge is 2.34. The van der Waals surface area contributed by atoms with Crippen LogP contribution in [-0.4, -0.2) is 100 Å². The molecule has 0 heterocycles. The fraction of sp³-hybridized carbons (Fsp3) is 0.694. The maximum Gasteiger partial charge on any atom is 0.225 e. The molecule has 0 spiro atoms. The van der Waals surface area contributed by atoms with Gasteiger partial charge >= 0.3 is 0 Å². The lowest BCUT2D eigenvalue weighted by molar-refractivity contribution is -0.131. The molecule has 0 radical (unpaired) electrons. The molecule has 0 bridgehead atoms. The van der Waals surface area contributed by atoms with Gasteiger partial charge in [-0.15, -0.1) is 18.2 Å². The van der Waals surface area contributed by atoms with Crippen LogP contribution in [0, 0.1) is 17.8 Å². The largest absolute Gasteiger partial charge is 0.379 e. The summed E-state index contributed by atoms with van der Waals surface area (Å²) in [6.45, 7) is 25.0. The van der Waals surface area contributed by atoms with E-state index < -0.39 is 0 Å². The number of carbonyl (C=O) groups is 1. The molecule has 45 heavy (non-hydrogen) atoms. The minimum atomic E-state index is -0.0334. The van der Waals surface area contributed by atoms with E-state index in [2.05, 4.69) is 77.4 Å². The number of amides is 1. The Bertz CT molecular complexity index is 912. The Morgan fingerprint density at radius 2 is 1.29 bits per heavy atom. The molecule has 0 unspecified atom stereocenters. The second-order valence-electron chi connectivity index (χ2n) is 10.8. The van der Waals surface area contributed by atoms with Crippen molar-refractivity contribution in [1.82, 2.24) is 4.90 Å². The average molecular weight is 670 g/mol. The fourth-order valence-corrected chi connectivity index (χ4v) is 4.56. The molecule has 9 heteroatoms. The van der Waals surface area contributed by atoms with Crippen molar-refractivity contribution in [3.63, 3.8) is 0 Å². The van der Waals surface area contributed by atoms with E-state index in [1.165, 1.54) is 4.90 Å². The molecular weight excluding hydrogens is 607 g/mol. The van der Waals surface area contributed by atoms with Gasteiger partial charge in [0.25, 0.3) is 0 Å². The summed E-state index contributed by atoms with van der Waals surface area (Å²) in [7, 11) is 0. The van der Waals surface area contributed by atoms with E-state index in [-0.39, 0.29) is 29.0 Å². The minimum Gasteiger partial charge on any atom is -0.379 e. The quantitative estimate of drug-likeness (QED) is 0.0559. The summed E-state index contributed by atoms with van der Waals surface area (Å²) in [5, 5.41) is 0. The second-order valence-corrected chi connectivity index (χ2v) is 12.9. The SMILES string of the molecule is C#CCN(C/C=C/c1ccccc1SC(C)(C)C(C)(C)C)C(=O)CCOCCOCCOCCOCCOCCS.CC.CC. The van der Waals surface area contributed by atoms with Crippen LogP contribution in [0.5, 0.6) is 0 Å². The number of terminal acetylenes is 1. The minimum absolute atomic E-state index is 0.0334. The van der Waals surface area contributed by atoms with Crippen LogP contribution in [0.4, 0.5) is 0 Å². The maximum absolute atomic E-state index is 12.7. The highest BCUT2D eigenvalue weighted by molar-refractivity contribution is 8.00. The number of thioether (sulfide) groups is 1. The van der Waals surface area contributed by atoms with Crippen molar-refractivity contribution in [2.24, 2.45) is 5.41 Å². The van der Waals surface area contributed by atoms with Crippen LogP contribution < -0.4 is 0 Å². The summed E-state index contributed by atoms with van der Waals surface area (Å²) < 4.78 is 27.2. The first-order valence-electron chi connectivity index (χ1n) is 16.3. The van der Waals surface area contributed by atoms with Crippen molar-refractivity contribution in [3.05, 3.63) is 35.9 Å². The zero-order valence-corrected chi connectivity index (χ0v) is 31.4. The number of hydrogen-bond donors (Lipinski definition) is 1. The van der Waals surface area contributed by atoms with E-state index in [4.69, 9.17) is 30.1 Å². The van der Waals surface area contributed by atoms with Crippen LogP contribution in [0.25, 0.3) is 6.08 Å². The zero-order valence-electron chi connectivity index (χ0n) is 29.7. The predicted octanol–water partition coefficient (Wildman–Crippen LogP) is 7.53. The Morgan fingerprint density at radius 3 is 1.76 bits per heavy atom. The summed E-state index contributed by atoms with van der Waals surface area (Å²) in [6, 6.07) is 8.35. The monoisotopic (exact) mass is 669 g/mol. The van der Waals surface area contributed by atoms with E-state index in [0.717, 1.165) is 5.56 Å². The van der Waals surface area contributed by atoms with Gasteiger partial charge in [-0.3, -0.25) is 4.79 Å². The van der Waals surface area contributed by atoms with Crippen molar-refractivity contribution in [2.75, 3.05) is 84.9 Å². The number of rotatable bonds is 23. The van der Waals surface area contributed by atoms with Gasteiger partial charge in [-0.1, -0.05) is 84.7 Å². The molecular formula is C36H63NO6S2. The number of nitrogens with zero attached hydrogens (tertiary/aromatic N) is 1. The smallest absolute Gasteiger partial charge is 0.225 e. The normalized spacial score (nSPS) is 11.3. The first-order valence-corrected chi connectivity index (χ1v) is 17.7. The second kappa shape index (κ2) is 29.9. The Morgan fingerprint density at radius 1 is 0.822 bits per heavy atom. The molecule has 0 aromatic heterocycles. The molecule has 0 atom stereocenters.